The highest BCUT2D eigenvalue weighted by molar-refractivity contribution is 8.13. The van der Waals surface area contributed by atoms with Crippen LogP contribution in [0.5, 0.6) is 0 Å². The van der Waals surface area contributed by atoms with Gasteiger partial charge in [-0.25, -0.2) is 4.79 Å². The van der Waals surface area contributed by atoms with Crippen LogP contribution in [0.15, 0.2) is 20.9 Å². The Bertz CT molecular complexity index is 1500. The van der Waals surface area contributed by atoms with E-state index in [0.717, 1.165) is 4.57 Å². The number of H-pyrrole nitrogens is 1. The SMILES string of the molecule is [BH3-]P(=O)(OC[C@H]1O[C@@H](n2cc(C)c(=O)[nH]c2=O)C[C@@H]1N=[N+]=[N-])OP(=O)(O)C(F)(F)P(=O)(O)OCCSC(=O)C(C)(C)C. The van der Waals surface area contributed by atoms with E-state index in [4.69, 9.17) is 14.8 Å². The zero-order valence-corrected chi connectivity index (χ0v) is 25.4. The highest BCUT2D eigenvalue weighted by Crippen LogP contribution is 2.79. The molecule has 0 bridgehead atoms. The number of nitrogens with one attached hydrogen (secondary N) is 1. The normalized spacial score (nSPS) is 23.8. The fourth-order valence-corrected chi connectivity index (χ4v) is 7.83. The van der Waals surface area contributed by atoms with E-state index in [1.165, 1.54) is 13.1 Å². The van der Waals surface area contributed by atoms with Gasteiger partial charge in [0, 0.05) is 34.3 Å². The molecule has 2 rings (SSSR count). The van der Waals surface area contributed by atoms with Crippen LogP contribution in [0.3, 0.4) is 0 Å². The minimum atomic E-state index is -6.47. The lowest BCUT2D eigenvalue weighted by molar-refractivity contribution is -0.117. The van der Waals surface area contributed by atoms with Gasteiger partial charge < -0.3 is 28.1 Å². The van der Waals surface area contributed by atoms with E-state index in [-0.39, 0.29) is 22.9 Å². The first-order valence-corrected chi connectivity index (χ1v) is 16.6. The Kier molecular flexibility index (Phi) is 11.8. The van der Waals surface area contributed by atoms with Gasteiger partial charge in [-0.1, -0.05) is 37.6 Å². The number of aromatic amines is 1. The van der Waals surface area contributed by atoms with Crippen LogP contribution in [0.1, 0.15) is 39.0 Å². The number of aryl methyl sites for hydroxylation is 1. The summed E-state index contributed by atoms with van der Waals surface area (Å²) >= 11 is 0.640. The monoisotopic (exact) mass is 682 g/mol. The van der Waals surface area contributed by atoms with E-state index in [9.17, 15) is 46.6 Å². The summed E-state index contributed by atoms with van der Waals surface area (Å²) in [6, 6.07) is -1.05. The second kappa shape index (κ2) is 13.6. The first kappa shape index (κ1) is 36.6. The maximum Gasteiger partial charge on any atom is 0.444 e. The third kappa shape index (κ3) is 8.96. The Morgan fingerprint density at radius 1 is 1.29 bits per heavy atom. The molecule has 0 amide bonds. The van der Waals surface area contributed by atoms with Crippen molar-refractivity contribution in [2.45, 2.75) is 57.9 Å². The van der Waals surface area contributed by atoms with Gasteiger partial charge in [0.05, 0.1) is 32.9 Å². The van der Waals surface area contributed by atoms with Gasteiger partial charge in [0.1, 0.15) is 6.23 Å². The molecule has 0 saturated carbocycles. The zero-order chi connectivity index (χ0) is 32.3. The van der Waals surface area contributed by atoms with Crippen LogP contribution in [-0.4, -0.2) is 68.5 Å². The van der Waals surface area contributed by atoms with Crippen LogP contribution in [0.25, 0.3) is 10.4 Å². The second-order valence-electron chi connectivity index (χ2n) is 9.49. The molecule has 3 N–H and O–H groups in total. The topological polar surface area (TPSA) is 249 Å². The summed E-state index contributed by atoms with van der Waals surface area (Å²) in [7, 11) is -19.1. The van der Waals surface area contributed by atoms with Gasteiger partial charge in [0.25, 0.3) is 5.56 Å². The minimum absolute atomic E-state index is 0.119. The molecule has 1 fully saturated rings. The number of carbonyl (C=O) groups excluding carboxylic acids is 1. The number of rotatable bonds is 13. The molecule has 6 atom stereocenters. The van der Waals surface area contributed by atoms with Gasteiger partial charge in [0.15, 0.2) is 12.6 Å². The van der Waals surface area contributed by atoms with Gasteiger partial charge in [-0.3, -0.25) is 32.6 Å². The molecule has 17 nitrogen and oxygen atoms in total. The number of aromatic nitrogens is 2. The van der Waals surface area contributed by atoms with E-state index in [1.807, 2.05) is 0 Å². The summed E-state index contributed by atoms with van der Waals surface area (Å²) in [6.07, 6.45) is -1.26. The molecule has 0 spiro atoms. The van der Waals surface area contributed by atoms with E-state index < -0.39 is 83.9 Å². The number of azide groups is 1. The third-order valence-electron chi connectivity index (χ3n) is 5.26. The molecule has 1 aliphatic rings. The van der Waals surface area contributed by atoms with Crippen molar-refractivity contribution in [1.82, 2.24) is 9.55 Å². The molecule has 0 radical (unpaired) electrons. The van der Waals surface area contributed by atoms with E-state index in [1.54, 1.807) is 20.8 Å². The lowest BCUT2D eigenvalue weighted by Gasteiger charge is -2.30. The number of hydrogen-bond acceptors (Lipinski definition) is 12. The second-order valence-corrected chi connectivity index (χ2v) is 15.7. The van der Waals surface area contributed by atoms with Crippen LogP contribution in [0.2, 0.25) is 0 Å². The fraction of sp³-hybridized carbons (Fsp3) is 0.722. The van der Waals surface area contributed by atoms with Crippen molar-refractivity contribution < 1.29 is 55.2 Å². The quantitative estimate of drug-likeness (QED) is 0.0677. The highest BCUT2D eigenvalue weighted by atomic mass is 32.2. The number of nitrogens with zero attached hydrogens (tertiary/aromatic N) is 4. The molecule has 1 aromatic rings. The number of hydrogen-bond donors (Lipinski definition) is 3. The lowest BCUT2D eigenvalue weighted by Crippen LogP contribution is -2.33. The average Bonchev–Trinajstić information content (AvgIpc) is 3.24. The molecule has 0 aromatic carbocycles. The Balaban J connectivity index is 2.09. The minimum Gasteiger partial charge on any atom is -0.352 e. The Morgan fingerprint density at radius 2 is 1.90 bits per heavy atom. The Morgan fingerprint density at radius 3 is 2.48 bits per heavy atom. The molecular weight excluding hydrogens is 652 g/mol. The van der Waals surface area contributed by atoms with Gasteiger partial charge in [-0.15, -0.1) is 0 Å². The smallest absolute Gasteiger partial charge is 0.352 e. The summed E-state index contributed by atoms with van der Waals surface area (Å²) in [6.45, 7) is 4.56. The molecular formula is C18H30BF2N5O12P3S-. The van der Waals surface area contributed by atoms with Crippen molar-refractivity contribution in [3.63, 3.8) is 0 Å². The highest BCUT2D eigenvalue weighted by Gasteiger charge is 2.67. The van der Waals surface area contributed by atoms with Gasteiger partial charge in [-0.2, -0.15) is 8.78 Å². The molecule has 42 heavy (non-hydrogen) atoms. The lowest BCUT2D eigenvalue weighted by atomic mass is 10.00. The molecule has 24 heteroatoms. The Labute approximate surface area is 242 Å². The van der Waals surface area contributed by atoms with Crippen molar-refractivity contribution in [3.8, 4) is 0 Å². The molecule has 0 aliphatic carbocycles. The number of ether oxygens (including phenoxy) is 1. The summed E-state index contributed by atoms with van der Waals surface area (Å²) in [5.41, 5.74) is 6.75. The van der Waals surface area contributed by atoms with Gasteiger partial charge in [0.2, 0.25) is 0 Å². The van der Waals surface area contributed by atoms with Crippen LogP contribution in [-0.2, 0) is 36.6 Å². The molecule has 1 saturated heterocycles. The predicted octanol–water partition coefficient (Wildman–Crippen LogP) is 2.56. The summed E-state index contributed by atoms with van der Waals surface area (Å²) < 4.78 is 87.0. The first-order chi connectivity index (χ1) is 19.0. The maximum absolute atomic E-state index is 14.7. The zero-order valence-electron chi connectivity index (χ0n) is 21.9. The molecule has 238 valence electrons. The third-order valence-corrected chi connectivity index (χ3v) is 11.7. The van der Waals surface area contributed by atoms with Crippen LogP contribution in [0.4, 0.5) is 8.78 Å². The van der Waals surface area contributed by atoms with Crippen molar-refractivity contribution in [2.24, 2.45) is 10.5 Å². The number of carbonyl (C=O) groups is 1. The van der Waals surface area contributed by atoms with Crippen LogP contribution >= 0.6 is 34.4 Å². The molecule has 1 aromatic heterocycles. The maximum atomic E-state index is 14.7. The van der Waals surface area contributed by atoms with Gasteiger partial charge in [-0.05, 0) is 12.5 Å². The fourth-order valence-electron chi connectivity index (χ4n) is 3.07. The molecule has 1 aliphatic heterocycles. The van der Waals surface area contributed by atoms with Gasteiger partial charge >= 0.3 is 26.3 Å². The molecule has 3 unspecified atom stereocenters. The largest absolute Gasteiger partial charge is 0.444 e. The molecule has 2 heterocycles. The van der Waals surface area contributed by atoms with Crippen molar-refractivity contribution in [2.75, 3.05) is 19.0 Å². The number of thioether (sulfide) groups is 1. The van der Waals surface area contributed by atoms with Crippen molar-refractivity contribution >= 4 is 47.1 Å². The number of alkyl halides is 2. The van der Waals surface area contributed by atoms with E-state index in [0.29, 0.717) is 11.8 Å². The Hall–Kier alpha value is -1.62. The predicted molar refractivity (Wildman–Crippen MR) is 150 cm³/mol. The van der Waals surface area contributed by atoms with E-state index in [2.05, 4.69) is 23.8 Å². The summed E-state index contributed by atoms with van der Waals surface area (Å²) in [5, 5.41) is -2.28. The van der Waals surface area contributed by atoms with E-state index >= 15 is 0 Å². The number of halogens is 2. The summed E-state index contributed by atoms with van der Waals surface area (Å²) in [5.74, 6) is -0.319. The summed E-state index contributed by atoms with van der Waals surface area (Å²) in [4.78, 5) is 60.0. The van der Waals surface area contributed by atoms with Crippen LogP contribution in [0, 0.1) is 12.3 Å². The average molecular weight is 682 g/mol. The van der Waals surface area contributed by atoms with Crippen LogP contribution < -0.4 is 11.2 Å². The standard InChI is InChI=1S/C18H30BF2N5O12P3S/c1-10-8-26(16(29)23-14(10)27)13-7-11(24-25-22)12(37-13)9-36-41(19,34)38-40(32,33)18(20,21)39(30,31)35-5-6-42-15(28)17(2,3)4/h8,11-13H,5-7,9H2,1-4,19H3,(H,30,31)(H,32,33)(H,23,27,29)/q-1/t11-,12+,13+,41?/m0/s1. The van der Waals surface area contributed by atoms with Crippen molar-refractivity contribution in [1.29, 1.82) is 0 Å². The first-order valence-electron chi connectivity index (χ1n) is 11.4. The van der Waals surface area contributed by atoms with Crippen molar-refractivity contribution in [3.05, 3.63) is 43.0 Å².